The summed E-state index contributed by atoms with van der Waals surface area (Å²) in [5.41, 5.74) is 0.682. The SMILES string of the molecule is C[C@@H]1C23CC[C@H](O)C(C)(C)C2CC[C@H]2C4C[C@@H](O)C(CCCCC(C)(C)O)[C@@]4(C)CC[C@]123. The molecule has 0 radical (unpaired) electrons. The molecule has 0 aromatic carbocycles. The van der Waals surface area contributed by atoms with Gasteiger partial charge in [0.1, 0.15) is 0 Å². The summed E-state index contributed by atoms with van der Waals surface area (Å²) in [6, 6.07) is 0. The third-order valence-corrected chi connectivity index (χ3v) is 12.7. The van der Waals surface area contributed by atoms with Crippen LogP contribution >= 0.6 is 0 Å². The molecule has 5 fully saturated rings. The molecule has 0 aromatic rings. The van der Waals surface area contributed by atoms with Crippen molar-refractivity contribution in [3.8, 4) is 0 Å². The molecule has 32 heavy (non-hydrogen) atoms. The summed E-state index contributed by atoms with van der Waals surface area (Å²) >= 11 is 0. The van der Waals surface area contributed by atoms with Crippen LogP contribution in [0.3, 0.4) is 0 Å². The highest BCUT2D eigenvalue weighted by Gasteiger charge is 2.84. The third kappa shape index (κ3) is 2.89. The normalized spacial score (nSPS) is 53.7. The van der Waals surface area contributed by atoms with Gasteiger partial charge in [0.25, 0.3) is 0 Å². The Morgan fingerprint density at radius 2 is 1.59 bits per heavy atom. The van der Waals surface area contributed by atoms with E-state index < -0.39 is 5.60 Å². The van der Waals surface area contributed by atoms with Gasteiger partial charge in [-0.3, -0.25) is 0 Å². The van der Waals surface area contributed by atoms with E-state index in [2.05, 4.69) is 27.7 Å². The topological polar surface area (TPSA) is 60.7 Å². The quantitative estimate of drug-likeness (QED) is 0.458. The van der Waals surface area contributed by atoms with Gasteiger partial charge in [0.15, 0.2) is 0 Å². The van der Waals surface area contributed by atoms with E-state index in [0.29, 0.717) is 28.6 Å². The Kier molecular flexibility index (Phi) is 5.31. The molecule has 0 aliphatic heterocycles. The van der Waals surface area contributed by atoms with Crippen LogP contribution in [0.4, 0.5) is 0 Å². The minimum atomic E-state index is -0.575. The summed E-state index contributed by atoms with van der Waals surface area (Å²) in [5, 5.41) is 32.2. The number of aliphatic hydroxyl groups excluding tert-OH is 2. The lowest BCUT2D eigenvalue weighted by Crippen LogP contribution is -2.54. The highest BCUT2D eigenvalue weighted by molar-refractivity contribution is 5.32. The standard InChI is InChI=1S/C29H50O3/c1-18-28-16-15-27(6)20(9-7-8-13-25(2,3)32)22(30)17-21(27)19(28)10-11-23-26(4,5)24(31)12-14-29(18,23)28/h18-24,30-32H,7-17H2,1-6H3/t18-,19-,20?,21?,22+,23?,24-,27+,28-,29?/m0/s1. The summed E-state index contributed by atoms with van der Waals surface area (Å²) in [4.78, 5) is 0. The molecule has 3 nitrogen and oxygen atoms in total. The second-order valence-corrected chi connectivity index (χ2v) is 14.5. The van der Waals surface area contributed by atoms with E-state index in [1.165, 1.54) is 32.1 Å². The first kappa shape index (κ1) is 23.6. The van der Waals surface area contributed by atoms with Gasteiger partial charge < -0.3 is 15.3 Å². The minimum absolute atomic E-state index is 0.0416. The molecule has 10 atom stereocenters. The maximum Gasteiger partial charge on any atom is 0.0594 e. The average molecular weight is 447 g/mol. The van der Waals surface area contributed by atoms with E-state index in [0.717, 1.165) is 50.4 Å². The van der Waals surface area contributed by atoms with Crippen LogP contribution in [0, 0.1) is 51.2 Å². The van der Waals surface area contributed by atoms with Crippen LogP contribution in [0.25, 0.3) is 0 Å². The fourth-order valence-corrected chi connectivity index (χ4v) is 11.2. The number of hydrogen-bond donors (Lipinski definition) is 3. The van der Waals surface area contributed by atoms with Crippen LogP contribution in [-0.4, -0.2) is 33.1 Å². The maximum absolute atomic E-state index is 11.3. The van der Waals surface area contributed by atoms with Gasteiger partial charge in [-0.2, -0.15) is 0 Å². The van der Waals surface area contributed by atoms with E-state index >= 15 is 0 Å². The Hall–Kier alpha value is -0.120. The third-order valence-electron chi connectivity index (χ3n) is 12.7. The van der Waals surface area contributed by atoms with Crippen molar-refractivity contribution >= 4 is 0 Å². The Morgan fingerprint density at radius 3 is 2.28 bits per heavy atom. The molecule has 0 aromatic heterocycles. The first-order valence-electron chi connectivity index (χ1n) is 13.9. The van der Waals surface area contributed by atoms with Crippen molar-refractivity contribution in [2.75, 3.05) is 0 Å². The predicted octanol–water partition coefficient (Wildman–Crippen LogP) is 5.94. The largest absolute Gasteiger partial charge is 0.393 e. The Morgan fingerprint density at radius 1 is 0.875 bits per heavy atom. The number of rotatable bonds is 5. The maximum atomic E-state index is 11.3. The molecule has 0 saturated heterocycles. The van der Waals surface area contributed by atoms with E-state index in [-0.39, 0.29) is 23.0 Å². The molecule has 5 aliphatic carbocycles. The fourth-order valence-electron chi connectivity index (χ4n) is 11.2. The van der Waals surface area contributed by atoms with E-state index in [1.54, 1.807) is 0 Å². The molecular weight excluding hydrogens is 396 g/mol. The second-order valence-electron chi connectivity index (χ2n) is 14.5. The van der Waals surface area contributed by atoms with Crippen LogP contribution in [0.5, 0.6) is 0 Å². The molecule has 3 heteroatoms. The van der Waals surface area contributed by atoms with Crippen LogP contribution in [0.15, 0.2) is 0 Å². The monoisotopic (exact) mass is 446 g/mol. The molecule has 2 spiro atoms. The predicted molar refractivity (Wildman–Crippen MR) is 129 cm³/mol. The molecule has 5 rings (SSSR count). The minimum Gasteiger partial charge on any atom is -0.393 e. The first-order valence-corrected chi connectivity index (χ1v) is 13.9. The average Bonchev–Trinajstić information content (AvgIpc) is 3.11. The lowest BCUT2D eigenvalue weighted by Gasteiger charge is -2.59. The van der Waals surface area contributed by atoms with Crippen LogP contribution in [0.2, 0.25) is 0 Å². The lowest BCUT2D eigenvalue weighted by atomic mass is 9.46. The van der Waals surface area contributed by atoms with Crippen molar-refractivity contribution < 1.29 is 15.3 Å². The van der Waals surface area contributed by atoms with Crippen molar-refractivity contribution in [2.24, 2.45) is 51.2 Å². The molecule has 5 aliphatic rings. The van der Waals surface area contributed by atoms with Crippen molar-refractivity contribution in [1.29, 1.82) is 0 Å². The zero-order valence-electron chi connectivity index (χ0n) is 21.7. The number of hydrogen-bond acceptors (Lipinski definition) is 3. The van der Waals surface area contributed by atoms with E-state index in [4.69, 9.17) is 0 Å². The van der Waals surface area contributed by atoms with Crippen LogP contribution in [-0.2, 0) is 0 Å². The highest BCUT2D eigenvalue weighted by atomic mass is 16.3. The Bertz CT molecular complexity index is 739. The van der Waals surface area contributed by atoms with Crippen molar-refractivity contribution in [3.05, 3.63) is 0 Å². The zero-order chi connectivity index (χ0) is 23.3. The molecule has 0 bridgehead atoms. The number of unbranched alkanes of at least 4 members (excludes halogenated alkanes) is 1. The van der Waals surface area contributed by atoms with Gasteiger partial charge in [-0.25, -0.2) is 0 Å². The zero-order valence-corrected chi connectivity index (χ0v) is 21.7. The summed E-state index contributed by atoms with van der Waals surface area (Å²) in [5.74, 6) is 3.32. The van der Waals surface area contributed by atoms with Gasteiger partial charge in [-0.05, 0) is 123 Å². The number of fused-ring (bicyclic) bond motifs is 2. The highest BCUT2D eigenvalue weighted by Crippen LogP contribution is 2.89. The van der Waals surface area contributed by atoms with Crippen LogP contribution in [0.1, 0.15) is 112 Å². The summed E-state index contributed by atoms with van der Waals surface area (Å²) in [7, 11) is 0. The Balaban J connectivity index is 1.36. The van der Waals surface area contributed by atoms with Crippen molar-refractivity contribution in [2.45, 2.75) is 130 Å². The molecular formula is C29H50O3. The molecule has 3 N–H and O–H groups in total. The van der Waals surface area contributed by atoms with E-state index in [9.17, 15) is 15.3 Å². The van der Waals surface area contributed by atoms with Gasteiger partial charge in [-0.15, -0.1) is 0 Å². The van der Waals surface area contributed by atoms with Gasteiger partial charge in [0.2, 0.25) is 0 Å². The molecule has 4 unspecified atom stereocenters. The first-order chi connectivity index (χ1) is 14.8. The van der Waals surface area contributed by atoms with Crippen molar-refractivity contribution in [3.63, 3.8) is 0 Å². The molecule has 5 saturated carbocycles. The summed E-state index contributed by atoms with van der Waals surface area (Å²) < 4.78 is 0. The number of aliphatic hydroxyl groups is 3. The van der Waals surface area contributed by atoms with Gasteiger partial charge >= 0.3 is 0 Å². The summed E-state index contributed by atoms with van der Waals surface area (Å²) in [6.45, 7) is 13.6. The lowest BCUT2D eigenvalue weighted by molar-refractivity contribution is -0.132. The van der Waals surface area contributed by atoms with Crippen LogP contribution < -0.4 is 0 Å². The summed E-state index contributed by atoms with van der Waals surface area (Å²) in [6.07, 6.45) is 12.3. The molecule has 184 valence electrons. The smallest absolute Gasteiger partial charge is 0.0594 e. The molecule has 0 heterocycles. The van der Waals surface area contributed by atoms with Crippen molar-refractivity contribution in [1.82, 2.24) is 0 Å². The van der Waals surface area contributed by atoms with Gasteiger partial charge in [0.05, 0.1) is 17.8 Å². The Labute approximate surface area is 196 Å². The molecule has 0 amide bonds. The fraction of sp³-hybridized carbons (Fsp3) is 1.00. The van der Waals surface area contributed by atoms with Gasteiger partial charge in [0, 0.05) is 0 Å². The van der Waals surface area contributed by atoms with E-state index in [1.807, 2.05) is 13.8 Å². The van der Waals surface area contributed by atoms with Gasteiger partial charge in [-0.1, -0.05) is 40.5 Å². The second kappa shape index (κ2) is 7.20.